The molecule has 4 nitrogen and oxygen atoms in total. The Bertz CT molecular complexity index is 296. The molecule has 0 aromatic rings. The number of nitrogens with zero attached hydrogens (tertiary/aromatic N) is 1. The van der Waals surface area contributed by atoms with E-state index < -0.39 is 10.0 Å². The summed E-state index contributed by atoms with van der Waals surface area (Å²) in [5.41, 5.74) is 0. The van der Waals surface area contributed by atoms with Crippen LogP contribution in [0.25, 0.3) is 0 Å². The van der Waals surface area contributed by atoms with Crippen LogP contribution in [0.4, 0.5) is 0 Å². The first-order chi connectivity index (χ1) is 8.47. The largest absolute Gasteiger partial charge is 0.395 e. The van der Waals surface area contributed by atoms with E-state index in [4.69, 9.17) is 16.7 Å². The van der Waals surface area contributed by atoms with Gasteiger partial charge in [-0.3, -0.25) is 0 Å². The van der Waals surface area contributed by atoms with E-state index in [2.05, 4.69) is 6.92 Å². The number of alkyl halides is 1. The molecule has 0 bridgehead atoms. The Morgan fingerprint density at radius 1 is 1.22 bits per heavy atom. The highest BCUT2D eigenvalue weighted by molar-refractivity contribution is 7.89. The molecule has 0 saturated carbocycles. The van der Waals surface area contributed by atoms with Crippen molar-refractivity contribution < 1.29 is 13.5 Å². The molecule has 0 radical (unpaired) electrons. The Kier molecular flexibility index (Phi) is 10.1. The van der Waals surface area contributed by atoms with E-state index >= 15 is 0 Å². The molecule has 18 heavy (non-hydrogen) atoms. The van der Waals surface area contributed by atoms with Crippen LogP contribution in [0, 0.1) is 5.92 Å². The first-order valence-electron chi connectivity index (χ1n) is 6.62. The molecule has 110 valence electrons. The lowest BCUT2D eigenvalue weighted by molar-refractivity contribution is 0.251. The van der Waals surface area contributed by atoms with Crippen molar-refractivity contribution in [1.29, 1.82) is 0 Å². The van der Waals surface area contributed by atoms with E-state index in [1.165, 1.54) is 4.31 Å². The summed E-state index contributed by atoms with van der Waals surface area (Å²) in [6, 6.07) is 0. The van der Waals surface area contributed by atoms with Crippen LogP contribution in [-0.4, -0.2) is 49.2 Å². The molecule has 0 aliphatic carbocycles. The molecular formula is C12H26ClNO3S. The lowest BCUT2D eigenvalue weighted by Crippen LogP contribution is -2.37. The number of halogens is 1. The second-order valence-corrected chi connectivity index (χ2v) is 7.04. The highest BCUT2D eigenvalue weighted by atomic mass is 35.5. The second-order valence-electron chi connectivity index (χ2n) is 4.72. The number of unbranched alkanes of at least 4 members (excludes halogenated alkanes) is 3. The van der Waals surface area contributed by atoms with Crippen molar-refractivity contribution >= 4 is 21.6 Å². The first-order valence-corrected chi connectivity index (χ1v) is 8.77. The average Bonchev–Trinajstić information content (AvgIpc) is 2.32. The minimum absolute atomic E-state index is 0.0598. The molecule has 0 aliphatic rings. The van der Waals surface area contributed by atoms with E-state index in [0.717, 1.165) is 25.7 Å². The number of aliphatic hydroxyl groups is 1. The van der Waals surface area contributed by atoms with Crippen molar-refractivity contribution in [2.45, 2.75) is 39.5 Å². The molecule has 0 aromatic heterocycles. The summed E-state index contributed by atoms with van der Waals surface area (Å²) in [6.07, 6.45) is 4.11. The van der Waals surface area contributed by atoms with Crippen molar-refractivity contribution in [3.05, 3.63) is 0 Å². The number of aliphatic hydroxyl groups excluding tert-OH is 1. The lowest BCUT2D eigenvalue weighted by atomic mass is 10.2. The van der Waals surface area contributed by atoms with Crippen molar-refractivity contribution in [2.24, 2.45) is 5.92 Å². The summed E-state index contributed by atoms with van der Waals surface area (Å²) in [6.45, 7) is 4.48. The Hall–Kier alpha value is 0.160. The summed E-state index contributed by atoms with van der Waals surface area (Å²) < 4.78 is 25.6. The minimum atomic E-state index is -3.29. The molecule has 6 heteroatoms. The average molecular weight is 300 g/mol. The minimum Gasteiger partial charge on any atom is -0.395 e. The number of hydrogen-bond acceptors (Lipinski definition) is 3. The summed E-state index contributed by atoms with van der Waals surface area (Å²) in [4.78, 5) is 0. The Morgan fingerprint density at radius 3 is 2.39 bits per heavy atom. The number of sulfonamides is 1. The maximum absolute atomic E-state index is 12.1. The van der Waals surface area contributed by atoms with E-state index in [-0.39, 0.29) is 24.8 Å². The maximum atomic E-state index is 12.1. The van der Waals surface area contributed by atoms with Crippen molar-refractivity contribution in [3.8, 4) is 0 Å². The summed E-state index contributed by atoms with van der Waals surface area (Å²) >= 11 is 5.65. The van der Waals surface area contributed by atoms with Gasteiger partial charge < -0.3 is 5.11 Å². The van der Waals surface area contributed by atoms with Gasteiger partial charge in [0.05, 0.1) is 12.4 Å². The third-order valence-corrected chi connectivity index (χ3v) is 5.43. The molecule has 0 spiro atoms. The topological polar surface area (TPSA) is 57.6 Å². The molecule has 0 saturated heterocycles. The molecular weight excluding hydrogens is 274 g/mol. The van der Waals surface area contributed by atoms with E-state index in [0.29, 0.717) is 12.4 Å². The Balaban J connectivity index is 4.37. The van der Waals surface area contributed by atoms with Crippen LogP contribution in [0.15, 0.2) is 0 Å². The molecule has 0 aliphatic heterocycles. The predicted molar refractivity (Wildman–Crippen MR) is 76.5 cm³/mol. The third-order valence-electron chi connectivity index (χ3n) is 2.76. The first kappa shape index (κ1) is 18.2. The SMILES string of the molecule is CCCCCCN(CCO)S(=O)(=O)CC(C)CCl. The van der Waals surface area contributed by atoms with Crippen LogP contribution >= 0.6 is 11.6 Å². The summed E-state index contributed by atoms with van der Waals surface area (Å²) in [5.74, 6) is 0.334. The van der Waals surface area contributed by atoms with Crippen LogP contribution in [-0.2, 0) is 10.0 Å². The summed E-state index contributed by atoms with van der Waals surface area (Å²) in [5, 5.41) is 8.96. The third kappa shape index (κ3) is 7.56. The van der Waals surface area contributed by atoms with E-state index in [1.54, 1.807) is 0 Å². The maximum Gasteiger partial charge on any atom is 0.214 e. The predicted octanol–water partition coefficient (Wildman–Crippen LogP) is 2.07. The van der Waals surface area contributed by atoms with Crippen LogP contribution < -0.4 is 0 Å². The van der Waals surface area contributed by atoms with Gasteiger partial charge in [-0.2, -0.15) is 4.31 Å². The number of hydrogen-bond donors (Lipinski definition) is 1. The fourth-order valence-corrected chi connectivity index (χ4v) is 3.78. The van der Waals surface area contributed by atoms with E-state index in [9.17, 15) is 8.42 Å². The second kappa shape index (κ2) is 10.0. The van der Waals surface area contributed by atoms with Gasteiger partial charge in [0.1, 0.15) is 0 Å². The number of rotatable bonds is 11. The van der Waals surface area contributed by atoms with Gasteiger partial charge in [-0.1, -0.05) is 33.1 Å². The molecule has 1 unspecified atom stereocenters. The van der Waals surface area contributed by atoms with Crippen LogP contribution in [0.2, 0.25) is 0 Å². The van der Waals surface area contributed by atoms with Gasteiger partial charge in [0.15, 0.2) is 0 Å². The smallest absolute Gasteiger partial charge is 0.214 e. The Labute approximate surface area is 116 Å². The van der Waals surface area contributed by atoms with Crippen LogP contribution in [0.1, 0.15) is 39.5 Å². The van der Waals surface area contributed by atoms with Crippen LogP contribution in [0.5, 0.6) is 0 Å². The van der Waals surface area contributed by atoms with Crippen LogP contribution in [0.3, 0.4) is 0 Å². The van der Waals surface area contributed by atoms with Gasteiger partial charge in [0.2, 0.25) is 10.0 Å². The van der Waals surface area contributed by atoms with Gasteiger partial charge in [0.25, 0.3) is 0 Å². The van der Waals surface area contributed by atoms with Gasteiger partial charge in [-0.15, -0.1) is 11.6 Å². The molecule has 1 N–H and O–H groups in total. The standard InChI is InChI=1S/C12H26ClNO3S/c1-3-4-5-6-7-14(8-9-15)18(16,17)11-12(2)10-13/h12,15H,3-11H2,1-2H3. The normalized spacial score (nSPS) is 14.1. The lowest BCUT2D eigenvalue weighted by Gasteiger charge is -2.22. The zero-order valence-corrected chi connectivity index (χ0v) is 13.0. The quantitative estimate of drug-likeness (QED) is 0.469. The van der Waals surface area contributed by atoms with Gasteiger partial charge >= 0.3 is 0 Å². The highest BCUT2D eigenvalue weighted by Gasteiger charge is 2.23. The van der Waals surface area contributed by atoms with Gasteiger partial charge in [-0.25, -0.2) is 8.42 Å². The highest BCUT2D eigenvalue weighted by Crippen LogP contribution is 2.11. The zero-order valence-electron chi connectivity index (χ0n) is 11.4. The fourth-order valence-electron chi connectivity index (χ4n) is 1.73. The van der Waals surface area contributed by atoms with Crippen molar-refractivity contribution in [2.75, 3.05) is 31.3 Å². The van der Waals surface area contributed by atoms with Gasteiger partial charge in [-0.05, 0) is 12.3 Å². The van der Waals surface area contributed by atoms with Gasteiger partial charge in [0, 0.05) is 19.0 Å². The fraction of sp³-hybridized carbons (Fsp3) is 1.00. The molecule has 0 rings (SSSR count). The molecule has 0 heterocycles. The molecule has 0 fully saturated rings. The Morgan fingerprint density at radius 2 is 1.89 bits per heavy atom. The molecule has 0 aromatic carbocycles. The molecule has 1 atom stereocenters. The summed E-state index contributed by atoms with van der Waals surface area (Å²) in [7, 11) is -3.29. The molecule has 0 amide bonds. The van der Waals surface area contributed by atoms with Crippen molar-refractivity contribution in [3.63, 3.8) is 0 Å². The zero-order chi connectivity index (χ0) is 14.0. The monoisotopic (exact) mass is 299 g/mol. The van der Waals surface area contributed by atoms with Crippen molar-refractivity contribution in [1.82, 2.24) is 4.31 Å². The van der Waals surface area contributed by atoms with E-state index in [1.807, 2.05) is 6.92 Å².